The fraction of sp³-hybridized carbons (Fsp3) is 0.455. The van der Waals surface area contributed by atoms with E-state index in [1.165, 1.54) is 14.4 Å². The van der Waals surface area contributed by atoms with Crippen molar-refractivity contribution >= 4 is 21.8 Å². The van der Waals surface area contributed by atoms with E-state index in [1.807, 2.05) is 30.3 Å². The third kappa shape index (κ3) is 4.91. The van der Waals surface area contributed by atoms with Gasteiger partial charge >= 0.3 is 11.7 Å². The number of hydrogen-bond donors (Lipinski definition) is 1. The molecule has 182 valence electrons. The number of benzene rings is 1. The Morgan fingerprint density at radius 2 is 1.91 bits per heavy atom. The maximum Gasteiger partial charge on any atom is 0.410 e. The Kier molecular flexibility index (Phi) is 6.60. The Labute approximate surface area is 196 Å². The Bertz CT molecular complexity index is 1260. The smallest absolute Gasteiger partial charge is 0.410 e. The normalized spacial score (nSPS) is 18.1. The molecule has 1 atom stereocenters. The Hall–Kier alpha value is -3.41. The van der Waals surface area contributed by atoms with Crippen molar-refractivity contribution in [2.45, 2.75) is 32.0 Å². The lowest BCUT2D eigenvalue weighted by molar-refractivity contribution is 0.0697. The molecular weight excluding hydrogens is 464 g/mol. The highest BCUT2D eigenvalue weighted by molar-refractivity contribution is 7.90. The minimum Gasteiger partial charge on any atom is -0.501 e. The lowest BCUT2D eigenvalue weighted by Gasteiger charge is -2.33. The zero-order valence-corrected chi connectivity index (χ0v) is 19.5. The van der Waals surface area contributed by atoms with Crippen LogP contribution >= 0.6 is 0 Å². The van der Waals surface area contributed by atoms with Crippen LogP contribution in [0.2, 0.25) is 0 Å². The molecule has 11 nitrogen and oxygen atoms in total. The van der Waals surface area contributed by atoms with Gasteiger partial charge in [-0.3, -0.25) is 14.5 Å². The van der Waals surface area contributed by atoms with E-state index in [4.69, 9.17) is 4.74 Å². The molecule has 4 rings (SSSR count). The zero-order valence-electron chi connectivity index (χ0n) is 18.7. The van der Waals surface area contributed by atoms with Gasteiger partial charge in [0, 0.05) is 32.4 Å². The highest BCUT2D eigenvalue weighted by Gasteiger charge is 2.38. The first-order chi connectivity index (χ1) is 16.2. The minimum atomic E-state index is -3.30. The molecule has 2 aliphatic heterocycles. The highest BCUT2D eigenvalue weighted by Crippen LogP contribution is 2.33. The summed E-state index contributed by atoms with van der Waals surface area (Å²) in [4.78, 5) is 45.1. The summed E-state index contributed by atoms with van der Waals surface area (Å²) in [6.45, 7) is 0.828. The average molecular weight is 491 g/mol. The molecule has 0 spiro atoms. The van der Waals surface area contributed by atoms with E-state index in [2.05, 4.69) is 4.98 Å². The van der Waals surface area contributed by atoms with Crippen molar-refractivity contribution in [3.63, 3.8) is 0 Å². The summed E-state index contributed by atoms with van der Waals surface area (Å²) in [6.07, 6.45) is 1.69. The van der Waals surface area contributed by atoms with Crippen LogP contribution in [0.15, 0.2) is 35.1 Å². The first-order valence-corrected chi connectivity index (χ1v) is 13.0. The van der Waals surface area contributed by atoms with Crippen LogP contribution in [-0.2, 0) is 27.7 Å². The SMILES string of the molecule is CS(=O)(=O)CCN1CCn2c(C3CCCN3C(=O)OCc3ccccc3)nc(=O)c(O)c2C1=O. The van der Waals surface area contributed by atoms with Gasteiger partial charge in [0.05, 0.1) is 11.8 Å². The molecule has 2 amide bonds. The Balaban J connectivity index is 1.59. The van der Waals surface area contributed by atoms with Gasteiger partial charge in [0.2, 0.25) is 5.75 Å². The molecule has 2 aromatic rings. The first kappa shape index (κ1) is 23.7. The molecule has 2 aliphatic rings. The van der Waals surface area contributed by atoms with Crippen LogP contribution < -0.4 is 5.56 Å². The van der Waals surface area contributed by atoms with Gasteiger partial charge in [-0.2, -0.15) is 4.98 Å². The lowest BCUT2D eigenvalue weighted by atomic mass is 10.1. The fourth-order valence-electron chi connectivity index (χ4n) is 4.28. The predicted molar refractivity (Wildman–Crippen MR) is 121 cm³/mol. The fourth-order valence-corrected chi connectivity index (χ4v) is 4.83. The topological polar surface area (TPSA) is 139 Å². The maximum absolute atomic E-state index is 13.0. The third-order valence-electron chi connectivity index (χ3n) is 6.00. The van der Waals surface area contributed by atoms with Crippen molar-refractivity contribution in [3.05, 3.63) is 57.8 Å². The number of likely N-dealkylation sites (tertiary alicyclic amines) is 1. The van der Waals surface area contributed by atoms with Crippen LogP contribution in [0.3, 0.4) is 0 Å². The third-order valence-corrected chi connectivity index (χ3v) is 6.92. The number of fused-ring (bicyclic) bond motifs is 1. The van der Waals surface area contributed by atoms with Gasteiger partial charge in [0.1, 0.15) is 22.3 Å². The van der Waals surface area contributed by atoms with Crippen LogP contribution in [0.25, 0.3) is 0 Å². The number of nitrogens with zero attached hydrogens (tertiary/aromatic N) is 4. The van der Waals surface area contributed by atoms with Crippen molar-refractivity contribution in [2.24, 2.45) is 0 Å². The molecular formula is C22H26N4O7S. The van der Waals surface area contributed by atoms with Gasteiger partial charge in [-0.15, -0.1) is 0 Å². The van der Waals surface area contributed by atoms with Crippen molar-refractivity contribution in [1.29, 1.82) is 0 Å². The van der Waals surface area contributed by atoms with E-state index < -0.39 is 39.2 Å². The summed E-state index contributed by atoms with van der Waals surface area (Å²) in [5.41, 5.74) is -0.369. The number of carbonyl (C=O) groups excluding carboxylic acids is 2. The first-order valence-electron chi connectivity index (χ1n) is 10.9. The molecule has 1 N–H and O–H groups in total. The second kappa shape index (κ2) is 9.45. The van der Waals surface area contributed by atoms with Crippen LogP contribution in [0.1, 0.15) is 40.8 Å². The second-order valence-electron chi connectivity index (χ2n) is 8.44. The summed E-state index contributed by atoms with van der Waals surface area (Å²) >= 11 is 0. The van der Waals surface area contributed by atoms with Crippen molar-refractivity contribution in [1.82, 2.24) is 19.4 Å². The molecule has 0 aliphatic carbocycles. The largest absolute Gasteiger partial charge is 0.501 e. The van der Waals surface area contributed by atoms with E-state index in [-0.39, 0.29) is 43.5 Å². The highest BCUT2D eigenvalue weighted by atomic mass is 32.2. The summed E-state index contributed by atoms with van der Waals surface area (Å²) in [5, 5.41) is 10.3. The van der Waals surface area contributed by atoms with E-state index in [0.29, 0.717) is 19.4 Å². The maximum atomic E-state index is 13.0. The second-order valence-corrected chi connectivity index (χ2v) is 10.7. The van der Waals surface area contributed by atoms with Crippen LogP contribution in [-0.4, -0.2) is 76.5 Å². The van der Waals surface area contributed by atoms with Gasteiger partial charge in [0.25, 0.3) is 5.91 Å². The minimum absolute atomic E-state index is 0.0513. The van der Waals surface area contributed by atoms with Crippen LogP contribution in [0.5, 0.6) is 5.75 Å². The van der Waals surface area contributed by atoms with E-state index in [0.717, 1.165) is 11.8 Å². The molecule has 0 radical (unpaired) electrons. The average Bonchev–Trinajstić information content (AvgIpc) is 3.29. The lowest BCUT2D eigenvalue weighted by Crippen LogP contribution is -2.46. The number of sulfone groups is 1. The molecule has 12 heteroatoms. The van der Waals surface area contributed by atoms with Crippen LogP contribution in [0, 0.1) is 0 Å². The molecule has 1 saturated heterocycles. The quantitative estimate of drug-likeness (QED) is 0.631. The molecule has 3 heterocycles. The predicted octanol–water partition coefficient (Wildman–Crippen LogP) is 0.923. The summed E-state index contributed by atoms with van der Waals surface area (Å²) in [7, 11) is -3.30. The number of aromatic hydroxyl groups is 1. The van der Waals surface area contributed by atoms with Gasteiger partial charge in [-0.1, -0.05) is 30.3 Å². The zero-order chi connectivity index (χ0) is 24.5. The molecule has 0 saturated carbocycles. The van der Waals surface area contributed by atoms with Gasteiger partial charge < -0.3 is 19.3 Å². The van der Waals surface area contributed by atoms with E-state index in [9.17, 15) is 27.9 Å². The molecule has 1 unspecified atom stereocenters. The van der Waals surface area contributed by atoms with E-state index in [1.54, 1.807) is 0 Å². The molecule has 1 aromatic heterocycles. The van der Waals surface area contributed by atoms with E-state index >= 15 is 0 Å². The van der Waals surface area contributed by atoms with Crippen molar-refractivity contribution in [2.75, 3.05) is 31.6 Å². The molecule has 1 fully saturated rings. The summed E-state index contributed by atoms with van der Waals surface area (Å²) in [6, 6.07) is 8.64. The van der Waals surface area contributed by atoms with Crippen molar-refractivity contribution in [3.8, 4) is 5.75 Å². The number of carbonyl (C=O) groups is 2. The summed E-state index contributed by atoms with van der Waals surface area (Å²) < 4.78 is 30.0. The molecule has 0 bridgehead atoms. The van der Waals surface area contributed by atoms with Gasteiger partial charge in [0.15, 0.2) is 5.69 Å². The standard InChI is InChI=1S/C22H26N4O7S/c1-34(31,32)13-12-24-10-11-26-17(21(24)29)18(27)20(28)23-19(26)16-8-5-9-25(16)22(30)33-14-15-6-3-2-4-7-15/h2-4,6-7,16,27H,5,8-14H2,1H3. The van der Waals surface area contributed by atoms with Gasteiger partial charge in [-0.05, 0) is 18.4 Å². The number of hydrogen-bond acceptors (Lipinski definition) is 8. The Morgan fingerprint density at radius 3 is 2.62 bits per heavy atom. The monoisotopic (exact) mass is 490 g/mol. The molecule has 1 aromatic carbocycles. The Morgan fingerprint density at radius 1 is 1.18 bits per heavy atom. The number of rotatable bonds is 6. The molecule has 34 heavy (non-hydrogen) atoms. The van der Waals surface area contributed by atoms with Crippen LogP contribution in [0.4, 0.5) is 4.79 Å². The number of ether oxygens (including phenoxy) is 1. The summed E-state index contributed by atoms with van der Waals surface area (Å²) in [5.74, 6) is -1.45. The van der Waals surface area contributed by atoms with Gasteiger partial charge in [-0.25, -0.2) is 13.2 Å². The number of amides is 2. The number of aromatic nitrogens is 2. The van der Waals surface area contributed by atoms with Crippen molar-refractivity contribution < 1.29 is 27.9 Å².